The number of para-hydroxylation sites is 1. The average molecular weight is 287 g/mol. The molecule has 18 heavy (non-hydrogen) atoms. The second-order valence-corrected chi connectivity index (χ2v) is 5.39. The van der Waals surface area contributed by atoms with Gasteiger partial charge in [0.25, 0.3) is 10.0 Å². The van der Waals surface area contributed by atoms with E-state index in [4.69, 9.17) is 11.6 Å². The maximum atomic E-state index is 13.4. The fourth-order valence-corrected chi connectivity index (χ4v) is 2.84. The quantitative estimate of drug-likeness (QED) is 0.883. The highest BCUT2D eigenvalue weighted by atomic mass is 35.5. The van der Waals surface area contributed by atoms with Crippen molar-refractivity contribution in [3.8, 4) is 0 Å². The summed E-state index contributed by atoms with van der Waals surface area (Å²) < 4.78 is 39.4. The first-order valence-electron chi connectivity index (χ1n) is 4.88. The summed E-state index contributed by atoms with van der Waals surface area (Å²) in [6, 6.07) is 8.18. The summed E-state index contributed by atoms with van der Waals surface area (Å²) in [4.78, 5) is 3.46. The molecule has 7 heteroatoms. The molecule has 94 valence electrons. The summed E-state index contributed by atoms with van der Waals surface area (Å²) in [5.74, 6) is -0.666. The van der Waals surface area contributed by atoms with Crippen LogP contribution in [0.4, 0.5) is 10.1 Å². The second kappa shape index (κ2) is 4.91. The van der Waals surface area contributed by atoms with Crippen LogP contribution in [0.15, 0.2) is 47.5 Å². The Labute approximate surface area is 108 Å². The molecular formula is C11H8ClFN2O2S. The molecule has 0 bridgehead atoms. The fourth-order valence-electron chi connectivity index (χ4n) is 1.32. The topological polar surface area (TPSA) is 59.1 Å². The SMILES string of the molecule is O=S(=O)(Nc1ccccc1F)c1cccnc1Cl. The van der Waals surface area contributed by atoms with E-state index in [0.29, 0.717) is 0 Å². The Morgan fingerprint density at radius 1 is 1.17 bits per heavy atom. The third-order valence-electron chi connectivity index (χ3n) is 2.13. The molecule has 0 fully saturated rings. The van der Waals surface area contributed by atoms with E-state index >= 15 is 0 Å². The number of hydrogen-bond donors (Lipinski definition) is 1. The zero-order chi connectivity index (χ0) is 13.2. The molecule has 0 aliphatic carbocycles. The Morgan fingerprint density at radius 3 is 2.56 bits per heavy atom. The maximum absolute atomic E-state index is 13.4. The van der Waals surface area contributed by atoms with Crippen molar-refractivity contribution in [3.63, 3.8) is 0 Å². The highest BCUT2D eigenvalue weighted by molar-refractivity contribution is 7.92. The summed E-state index contributed by atoms with van der Waals surface area (Å²) in [6.45, 7) is 0. The van der Waals surface area contributed by atoms with Gasteiger partial charge in [-0.05, 0) is 24.3 Å². The van der Waals surface area contributed by atoms with Gasteiger partial charge >= 0.3 is 0 Å². The third kappa shape index (κ3) is 2.60. The molecular weight excluding hydrogens is 279 g/mol. The Balaban J connectivity index is 2.40. The summed E-state index contributed by atoms with van der Waals surface area (Å²) in [7, 11) is -3.95. The van der Waals surface area contributed by atoms with Gasteiger partial charge in [-0.2, -0.15) is 0 Å². The number of anilines is 1. The van der Waals surface area contributed by atoms with E-state index in [1.165, 1.54) is 36.5 Å². The number of nitrogens with one attached hydrogen (secondary N) is 1. The molecule has 0 aliphatic rings. The molecule has 1 aromatic carbocycles. The van der Waals surface area contributed by atoms with Crippen molar-refractivity contribution in [3.05, 3.63) is 53.6 Å². The van der Waals surface area contributed by atoms with E-state index in [-0.39, 0.29) is 15.7 Å². The molecule has 1 N–H and O–H groups in total. The van der Waals surface area contributed by atoms with Gasteiger partial charge in [-0.3, -0.25) is 4.72 Å². The minimum absolute atomic E-state index is 0.141. The van der Waals surface area contributed by atoms with Crippen LogP contribution in [0.1, 0.15) is 0 Å². The van der Waals surface area contributed by atoms with Crippen LogP contribution in [0.3, 0.4) is 0 Å². The summed E-state index contributed by atoms with van der Waals surface area (Å²) in [5.41, 5.74) is -0.141. The monoisotopic (exact) mass is 286 g/mol. The fraction of sp³-hybridized carbons (Fsp3) is 0. The molecule has 0 saturated heterocycles. The number of sulfonamides is 1. The molecule has 1 aromatic heterocycles. The molecule has 0 amide bonds. The standard InChI is InChI=1S/C11H8ClFN2O2S/c12-11-10(6-3-7-14-11)18(16,17)15-9-5-2-1-4-8(9)13/h1-7,15H. The molecule has 2 rings (SSSR count). The number of aromatic nitrogens is 1. The summed E-state index contributed by atoms with van der Waals surface area (Å²) in [5, 5.41) is -0.165. The van der Waals surface area contributed by atoms with Gasteiger partial charge in [-0.25, -0.2) is 17.8 Å². The highest BCUT2D eigenvalue weighted by Crippen LogP contribution is 2.22. The van der Waals surface area contributed by atoms with Crippen LogP contribution in [0.2, 0.25) is 5.15 Å². The molecule has 4 nitrogen and oxygen atoms in total. The predicted octanol–water partition coefficient (Wildman–Crippen LogP) is 2.67. The molecule has 0 atom stereocenters. The van der Waals surface area contributed by atoms with E-state index in [0.717, 1.165) is 6.07 Å². The average Bonchev–Trinajstić information content (AvgIpc) is 2.32. The number of hydrogen-bond acceptors (Lipinski definition) is 3. The van der Waals surface area contributed by atoms with Gasteiger partial charge in [0.2, 0.25) is 0 Å². The van der Waals surface area contributed by atoms with E-state index in [1.807, 2.05) is 0 Å². The normalized spacial score (nSPS) is 11.2. The number of pyridine rings is 1. The number of rotatable bonds is 3. The number of halogens is 2. The highest BCUT2D eigenvalue weighted by Gasteiger charge is 2.19. The van der Waals surface area contributed by atoms with Gasteiger partial charge in [0.15, 0.2) is 0 Å². The zero-order valence-electron chi connectivity index (χ0n) is 8.97. The molecule has 2 aromatic rings. The van der Waals surface area contributed by atoms with Gasteiger partial charge in [0.05, 0.1) is 5.69 Å². The van der Waals surface area contributed by atoms with Crippen LogP contribution in [-0.4, -0.2) is 13.4 Å². The van der Waals surface area contributed by atoms with Crippen molar-refractivity contribution in [2.45, 2.75) is 4.90 Å². The van der Waals surface area contributed by atoms with Crippen LogP contribution >= 0.6 is 11.6 Å². The second-order valence-electron chi connectivity index (χ2n) is 3.38. The van der Waals surface area contributed by atoms with Gasteiger partial charge in [-0.1, -0.05) is 23.7 Å². The molecule has 0 radical (unpaired) electrons. The number of nitrogens with zero attached hydrogens (tertiary/aromatic N) is 1. The van der Waals surface area contributed by atoms with E-state index < -0.39 is 15.8 Å². The molecule has 0 saturated carbocycles. The van der Waals surface area contributed by atoms with Crippen molar-refractivity contribution >= 4 is 27.3 Å². The first-order chi connectivity index (χ1) is 8.50. The van der Waals surface area contributed by atoms with Crippen LogP contribution < -0.4 is 4.72 Å². The molecule has 0 spiro atoms. The van der Waals surface area contributed by atoms with Crippen LogP contribution in [0, 0.1) is 5.82 Å². The lowest BCUT2D eigenvalue weighted by Gasteiger charge is -2.09. The minimum atomic E-state index is -3.95. The largest absolute Gasteiger partial charge is 0.277 e. The Kier molecular flexibility index (Phi) is 3.49. The zero-order valence-corrected chi connectivity index (χ0v) is 10.5. The smallest absolute Gasteiger partial charge is 0.265 e. The van der Waals surface area contributed by atoms with Crippen LogP contribution in [0.25, 0.3) is 0 Å². The van der Waals surface area contributed by atoms with E-state index in [2.05, 4.69) is 9.71 Å². The van der Waals surface area contributed by atoms with Gasteiger partial charge in [0, 0.05) is 6.20 Å². The summed E-state index contributed by atoms with van der Waals surface area (Å²) >= 11 is 5.69. The lowest BCUT2D eigenvalue weighted by Crippen LogP contribution is -2.14. The first-order valence-corrected chi connectivity index (χ1v) is 6.75. The van der Waals surface area contributed by atoms with Crippen LogP contribution in [0.5, 0.6) is 0 Å². The van der Waals surface area contributed by atoms with Gasteiger partial charge in [0.1, 0.15) is 15.9 Å². The van der Waals surface area contributed by atoms with E-state index in [9.17, 15) is 12.8 Å². The Hall–Kier alpha value is -1.66. The predicted molar refractivity (Wildman–Crippen MR) is 66.5 cm³/mol. The van der Waals surface area contributed by atoms with Crippen LogP contribution in [-0.2, 0) is 10.0 Å². The van der Waals surface area contributed by atoms with Crippen molar-refractivity contribution in [1.82, 2.24) is 4.98 Å². The first kappa shape index (κ1) is 12.8. The summed E-state index contributed by atoms with van der Waals surface area (Å²) in [6.07, 6.45) is 1.37. The number of benzene rings is 1. The molecule has 0 unspecified atom stereocenters. The lowest BCUT2D eigenvalue weighted by atomic mass is 10.3. The third-order valence-corrected chi connectivity index (χ3v) is 3.94. The van der Waals surface area contributed by atoms with Crippen molar-refractivity contribution < 1.29 is 12.8 Å². The van der Waals surface area contributed by atoms with Gasteiger partial charge < -0.3 is 0 Å². The van der Waals surface area contributed by atoms with Crippen molar-refractivity contribution in [1.29, 1.82) is 0 Å². The maximum Gasteiger partial charge on any atom is 0.265 e. The lowest BCUT2D eigenvalue weighted by molar-refractivity contribution is 0.598. The minimum Gasteiger partial charge on any atom is -0.277 e. The van der Waals surface area contributed by atoms with Crippen molar-refractivity contribution in [2.75, 3.05) is 4.72 Å². The molecule has 0 aliphatic heterocycles. The molecule has 1 heterocycles. The van der Waals surface area contributed by atoms with Crippen molar-refractivity contribution in [2.24, 2.45) is 0 Å². The van der Waals surface area contributed by atoms with Gasteiger partial charge in [-0.15, -0.1) is 0 Å². The van der Waals surface area contributed by atoms with E-state index in [1.54, 1.807) is 0 Å². The Bertz CT molecular complexity index is 676. The Morgan fingerprint density at radius 2 is 1.89 bits per heavy atom.